The summed E-state index contributed by atoms with van der Waals surface area (Å²) in [6, 6.07) is 9.92. The first-order valence-electron chi connectivity index (χ1n) is 7.29. The molecule has 1 saturated carbocycles. The molecule has 0 bridgehead atoms. The molecular formula is C16H24N2. The van der Waals surface area contributed by atoms with Crippen molar-refractivity contribution in [2.45, 2.75) is 39.3 Å². The van der Waals surface area contributed by atoms with Gasteiger partial charge < -0.3 is 10.2 Å². The van der Waals surface area contributed by atoms with Crippen LogP contribution in [0.3, 0.4) is 0 Å². The molecule has 0 amide bonds. The molecule has 1 aliphatic carbocycles. The first-order valence-corrected chi connectivity index (χ1v) is 7.29. The van der Waals surface area contributed by atoms with E-state index < -0.39 is 0 Å². The summed E-state index contributed by atoms with van der Waals surface area (Å²) in [4.78, 5) is 2.52. The standard InChI is InChI=1S/C16H24N2/c1-12-10-18(11-13(12)2)16-7-3-14(4-8-16)9-17-15-5-6-15/h3-4,7-8,12-13,15,17H,5-6,9-11H2,1-2H3. The summed E-state index contributed by atoms with van der Waals surface area (Å²) in [6.45, 7) is 8.16. The van der Waals surface area contributed by atoms with Crippen molar-refractivity contribution in [3.63, 3.8) is 0 Å². The zero-order valence-corrected chi connectivity index (χ0v) is 11.5. The van der Waals surface area contributed by atoms with Crippen molar-refractivity contribution in [3.8, 4) is 0 Å². The van der Waals surface area contributed by atoms with E-state index in [1.165, 1.54) is 37.2 Å². The average Bonchev–Trinajstić information content (AvgIpc) is 3.14. The summed E-state index contributed by atoms with van der Waals surface area (Å²) in [7, 11) is 0. The fraction of sp³-hybridized carbons (Fsp3) is 0.625. The highest BCUT2D eigenvalue weighted by atomic mass is 15.2. The summed E-state index contributed by atoms with van der Waals surface area (Å²) < 4.78 is 0. The van der Waals surface area contributed by atoms with Gasteiger partial charge in [0.15, 0.2) is 0 Å². The molecule has 2 unspecified atom stereocenters. The van der Waals surface area contributed by atoms with E-state index in [-0.39, 0.29) is 0 Å². The van der Waals surface area contributed by atoms with Gasteiger partial charge in [0.05, 0.1) is 0 Å². The van der Waals surface area contributed by atoms with E-state index in [9.17, 15) is 0 Å². The Bertz CT molecular complexity index is 384. The van der Waals surface area contributed by atoms with E-state index in [0.717, 1.165) is 24.4 Å². The van der Waals surface area contributed by atoms with Crippen LogP contribution in [0.5, 0.6) is 0 Å². The molecule has 2 fully saturated rings. The molecule has 1 aromatic rings. The van der Waals surface area contributed by atoms with Crippen LogP contribution in [0.4, 0.5) is 5.69 Å². The second kappa shape index (κ2) is 4.93. The van der Waals surface area contributed by atoms with Crippen LogP contribution in [-0.2, 0) is 6.54 Å². The topological polar surface area (TPSA) is 15.3 Å². The zero-order chi connectivity index (χ0) is 12.5. The van der Waals surface area contributed by atoms with Crippen molar-refractivity contribution < 1.29 is 0 Å². The molecule has 2 aliphatic rings. The second-order valence-electron chi connectivity index (χ2n) is 6.18. The summed E-state index contributed by atoms with van der Waals surface area (Å²) in [5.41, 5.74) is 2.80. The Labute approximate surface area is 110 Å². The molecule has 1 aliphatic heterocycles. The second-order valence-corrected chi connectivity index (χ2v) is 6.18. The third kappa shape index (κ3) is 2.69. The van der Waals surface area contributed by atoms with Crippen molar-refractivity contribution in [2.75, 3.05) is 18.0 Å². The first kappa shape index (κ1) is 12.0. The predicted molar refractivity (Wildman–Crippen MR) is 76.8 cm³/mol. The maximum Gasteiger partial charge on any atom is 0.0366 e. The highest BCUT2D eigenvalue weighted by molar-refractivity contribution is 5.48. The molecule has 2 atom stereocenters. The minimum absolute atomic E-state index is 0.796. The Balaban J connectivity index is 1.59. The molecule has 2 heteroatoms. The van der Waals surface area contributed by atoms with E-state index in [4.69, 9.17) is 0 Å². The van der Waals surface area contributed by atoms with E-state index >= 15 is 0 Å². The normalized spacial score (nSPS) is 27.8. The molecule has 0 spiro atoms. The van der Waals surface area contributed by atoms with E-state index in [0.29, 0.717) is 0 Å². The summed E-state index contributed by atoms with van der Waals surface area (Å²) in [6.07, 6.45) is 2.73. The Morgan fingerprint density at radius 3 is 2.22 bits per heavy atom. The van der Waals surface area contributed by atoms with Gasteiger partial charge in [-0.15, -0.1) is 0 Å². The quantitative estimate of drug-likeness (QED) is 0.876. The lowest BCUT2D eigenvalue weighted by atomic mass is 10.0. The highest BCUT2D eigenvalue weighted by Gasteiger charge is 2.26. The van der Waals surface area contributed by atoms with Crippen molar-refractivity contribution >= 4 is 5.69 Å². The Morgan fingerprint density at radius 2 is 1.67 bits per heavy atom. The van der Waals surface area contributed by atoms with Crippen LogP contribution in [0.25, 0.3) is 0 Å². The monoisotopic (exact) mass is 244 g/mol. The van der Waals surface area contributed by atoms with E-state index in [1.807, 2.05) is 0 Å². The van der Waals surface area contributed by atoms with Gasteiger partial charge in [-0.1, -0.05) is 26.0 Å². The van der Waals surface area contributed by atoms with E-state index in [1.54, 1.807) is 0 Å². The van der Waals surface area contributed by atoms with Crippen LogP contribution in [0.1, 0.15) is 32.3 Å². The Morgan fingerprint density at radius 1 is 1.06 bits per heavy atom. The van der Waals surface area contributed by atoms with Gasteiger partial charge in [-0.2, -0.15) is 0 Å². The first-order chi connectivity index (χ1) is 8.72. The lowest BCUT2D eigenvalue weighted by molar-refractivity contribution is 0.494. The molecule has 1 saturated heterocycles. The molecule has 0 aromatic heterocycles. The van der Waals surface area contributed by atoms with Gasteiger partial charge in [-0.3, -0.25) is 0 Å². The summed E-state index contributed by atoms with van der Waals surface area (Å²) in [5, 5.41) is 3.56. The average molecular weight is 244 g/mol. The lowest BCUT2D eigenvalue weighted by Crippen LogP contribution is -2.19. The summed E-state index contributed by atoms with van der Waals surface area (Å²) in [5.74, 6) is 1.64. The van der Waals surface area contributed by atoms with Crippen molar-refractivity contribution in [1.82, 2.24) is 5.32 Å². The maximum absolute atomic E-state index is 3.56. The van der Waals surface area contributed by atoms with Crippen molar-refractivity contribution in [3.05, 3.63) is 29.8 Å². The fourth-order valence-corrected chi connectivity index (χ4v) is 2.71. The number of rotatable bonds is 4. The van der Waals surface area contributed by atoms with E-state index in [2.05, 4.69) is 48.3 Å². The van der Waals surface area contributed by atoms with Gasteiger partial charge in [-0.25, -0.2) is 0 Å². The molecule has 3 rings (SSSR count). The largest absolute Gasteiger partial charge is 0.371 e. The predicted octanol–water partition coefficient (Wildman–Crippen LogP) is 3.03. The van der Waals surface area contributed by atoms with Gasteiger partial charge in [0.2, 0.25) is 0 Å². The van der Waals surface area contributed by atoms with Gasteiger partial charge in [-0.05, 0) is 42.4 Å². The van der Waals surface area contributed by atoms with Crippen LogP contribution in [0, 0.1) is 11.8 Å². The van der Waals surface area contributed by atoms with Crippen LogP contribution in [0.2, 0.25) is 0 Å². The third-order valence-electron chi connectivity index (χ3n) is 4.46. The van der Waals surface area contributed by atoms with Crippen LogP contribution in [0.15, 0.2) is 24.3 Å². The van der Waals surface area contributed by atoms with Crippen LogP contribution < -0.4 is 10.2 Å². The lowest BCUT2D eigenvalue weighted by Gasteiger charge is -2.18. The Kier molecular flexibility index (Phi) is 3.29. The minimum Gasteiger partial charge on any atom is -0.371 e. The van der Waals surface area contributed by atoms with Crippen LogP contribution in [-0.4, -0.2) is 19.1 Å². The van der Waals surface area contributed by atoms with Gasteiger partial charge in [0.1, 0.15) is 0 Å². The van der Waals surface area contributed by atoms with Gasteiger partial charge >= 0.3 is 0 Å². The third-order valence-corrected chi connectivity index (χ3v) is 4.46. The smallest absolute Gasteiger partial charge is 0.0366 e. The summed E-state index contributed by atoms with van der Waals surface area (Å²) >= 11 is 0. The molecular weight excluding hydrogens is 220 g/mol. The minimum atomic E-state index is 0.796. The number of hydrogen-bond donors (Lipinski definition) is 1. The highest BCUT2D eigenvalue weighted by Crippen LogP contribution is 2.28. The molecule has 18 heavy (non-hydrogen) atoms. The number of benzene rings is 1. The maximum atomic E-state index is 3.56. The molecule has 1 N–H and O–H groups in total. The van der Waals surface area contributed by atoms with Gasteiger partial charge in [0.25, 0.3) is 0 Å². The number of nitrogens with one attached hydrogen (secondary N) is 1. The number of anilines is 1. The fourth-order valence-electron chi connectivity index (χ4n) is 2.71. The molecule has 2 nitrogen and oxygen atoms in total. The zero-order valence-electron chi connectivity index (χ0n) is 11.5. The van der Waals surface area contributed by atoms with Crippen LogP contribution >= 0.6 is 0 Å². The number of nitrogens with zero attached hydrogens (tertiary/aromatic N) is 1. The van der Waals surface area contributed by atoms with Crippen molar-refractivity contribution in [1.29, 1.82) is 0 Å². The molecule has 0 radical (unpaired) electrons. The SMILES string of the molecule is CC1CN(c2ccc(CNC3CC3)cc2)CC1C. The number of hydrogen-bond acceptors (Lipinski definition) is 2. The Hall–Kier alpha value is -1.02. The molecule has 1 heterocycles. The van der Waals surface area contributed by atoms with Crippen molar-refractivity contribution in [2.24, 2.45) is 11.8 Å². The molecule has 1 aromatic carbocycles. The molecule has 98 valence electrons. The van der Waals surface area contributed by atoms with Gasteiger partial charge in [0, 0.05) is 31.4 Å².